The highest BCUT2D eigenvalue weighted by molar-refractivity contribution is 5.03. The Bertz CT molecular complexity index is 296. The van der Waals surface area contributed by atoms with Gasteiger partial charge >= 0.3 is 0 Å². The van der Waals surface area contributed by atoms with E-state index in [4.69, 9.17) is 4.74 Å². The molecule has 0 heterocycles. The highest BCUT2D eigenvalue weighted by Gasteiger charge is 2.44. The zero-order valence-electron chi connectivity index (χ0n) is 13.4. The summed E-state index contributed by atoms with van der Waals surface area (Å²) < 4.78 is 5.27. The van der Waals surface area contributed by atoms with E-state index in [0.717, 1.165) is 26.0 Å². The first-order valence-corrected chi connectivity index (χ1v) is 8.27. The standard InChI is InChI=1S/C16H32N2O2/c1-4-13(2)18(9-10-20-3)15-7-8-16(11-15,12-19)17-14-5-6-14/h13-15,17,19H,4-12H2,1-3H3. The summed E-state index contributed by atoms with van der Waals surface area (Å²) >= 11 is 0. The van der Waals surface area contributed by atoms with Crippen LogP contribution >= 0.6 is 0 Å². The lowest BCUT2D eigenvalue weighted by Crippen LogP contribution is -2.50. The minimum atomic E-state index is -0.0232. The van der Waals surface area contributed by atoms with Crippen LogP contribution in [0.1, 0.15) is 52.4 Å². The molecule has 0 saturated heterocycles. The Labute approximate surface area is 123 Å². The molecular weight excluding hydrogens is 252 g/mol. The molecule has 0 spiro atoms. The summed E-state index contributed by atoms with van der Waals surface area (Å²) in [5.41, 5.74) is -0.0232. The number of aliphatic hydroxyl groups is 1. The second kappa shape index (κ2) is 7.21. The maximum absolute atomic E-state index is 9.86. The predicted molar refractivity (Wildman–Crippen MR) is 81.9 cm³/mol. The lowest BCUT2D eigenvalue weighted by molar-refractivity contribution is 0.0806. The van der Waals surface area contributed by atoms with Gasteiger partial charge in [0.15, 0.2) is 0 Å². The van der Waals surface area contributed by atoms with E-state index >= 15 is 0 Å². The molecule has 0 radical (unpaired) electrons. The Hall–Kier alpha value is -0.160. The summed E-state index contributed by atoms with van der Waals surface area (Å²) in [6.07, 6.45) is 7.10. The van der Waals surface area contributed by atoms with Gasteiger partial charge in [0.25, 0.3) is 0 Å². The summed E-state index contributed by atoms with van der Waals surface area (Å²) in [6.45, 7) is 6.63. The molecule has 2 fully saturated rings. The number of rotatable bonds is 9. The summed E-state index contributed by atoms with van der Waals surface area (Å²) in [6, 6.07) is 1.83. The largest absolute Gasteiger partial charge is 0.394 e. The van der Waals surface area contributed by atoms with Gasteiger partial charge in [-0.2, -0.15) is 0 Å². The highest BCUT2D eigenvalue weighted by Crippen LogP contribution is 2.36. The first-order valence-electron chi connectivity index (χ1n) is 8.27. The van der Waals surface area contributed by atoms with E-state index in [1.807, 2.05) is 0 Å². The molecule has 3 atom stereocenters. The van der Waals surface area contributed by atoms with Crippen molar-refractivity contribution in [2.75, 3.05) is 26.9 Å². The van der Waals surface area contributed by atoms with Crippen LogP contribution < -0.4 is 5.32 Å². The fourth-order valence-corrected chi connectivity index (χ4v) is 3.56. The van der Waals surface area contributed by atoms with Crippen LogP contribution in [0.3, 0.4) is 0 Å². The SMILES string of the molecule is CCC(C)N(CCOC)C1CCC(CO)(NC2CC2)C1. The normalized spacial score (nSPS) is 31.9. The Balaban J connectivity index is 1.95. The van der Waals surface area contributed by atoms with Gasteiger partial charge in [-0.15, -0.1) is 0 Å². The van der Waals surface area contributed by atoms with E-state index in [1.165, 1.54) is 25.7 Å². The molecule has 20 heavy (non-hydrogen) atoms. The van der Waals surface area contributed by atoms with Crippen LogP contribution in [0.4, 0.5) is 0 Å². The fraction of sp³-hybridized carbons (Fsp3) is 1.00. The maximum atomic E-state index is 9.86. The second-order valence-electron chi connectivity index (χ2n) is 6.74. The number of nitrogens with one attached hydrogen (secondary N) is 1. The molecule has 3 unspecified atom stereocenters. The van der Waals surface area contributed by atoms with E-state index in [2.05, 4.69) is 24.1 Å². The molecule has 2 saturated carbocycles. The highest BCUT2D eigenvalue weighted by atomic mass is 16.5. The molecule has 0 aromatic heterocycles. The Morgan fingerprint density at radius 3 is 2.70 bits per heavy atom. The number of aliphatic hydroxyl groups excluding tert-OH is 1. The molecule has 2 aliphatic rings. The molecule has 2 rings (SSSR count). The quantitative estimate of drug-likeness (QED) is 0.677. The van der Waals surface area contributed by atoms with Gasteiger partial charge in [0.1, 0.15) is 0 Å². The second-order valence-corrected chi connectivity index (χ2v) is 6.74. The van der Waals surface area contributed by atoms with E-state index in [-0.39, 0.29) is 12.1 Å². The first-order chi connectivity index (χ1) is 9.64. The van der Waals surface area contributed by atoms with Crippen LogP contribution in [-0.4, -0.2) is 60.5 Å². The lowest BCUT2D eigenvalue weighted by Gasteiger charge is -2.36. The first kappa shape index (κ1) is 16.2. The van der Waals surface area contributed by atoms with Gasteiger partial charge in [0, 0.05) is 37.3 Å². The van der Waals surface area contributed by atoms with Crippen LogP contribution in [0.5, 0.6) is 0 Å². The van der Waals surface area contributed by atoms with E-state index < -0.39 is 0 Å². The third-order valence-electron chi connectivity index (χ3n) is 5.15. The summed E-state index contributed by atoms with van der Waals surface area (Å²) in [4.78, 5) is 2.59. The Kier molecular flexibility index (Phi) is 5.84. The Morgan fingerprint density at radius 1 is 1.40 bits per heavy atom. The number of ether oxygens (including phenoxy) is 1. The summed E-state index contributed by atoms with van der Waals surface area (Å²) in [5.74, 6) is 0. The zero-order valence-corrected chi connectivity index (χ0v) is 13.4. The van der Waals surface area contributed by atoms with Crippen molar-refractivity contribution in [3.63, 3.8) is 0 Å². The zero-order chi connectivity index (χ0) is 14.6. The molecule has 0 amide bonds. The van der Waals surface area contributed by atoms with E-state index in [0.29, 0.717) is 18.1 Å². The van der Waals surface area contributed by atoms with Crippen LogP contribution in [0, 0.1) is 0 Å². The third kappa shape index (κ3) is 3.94. The topological polar surface area (TPSA) is 44.7 Å². The van der Waals surface area contributed by atoms with Crippen molar-refractivity contribution in [2.24, 2.45) is 0 Å². The van der Waals surface area contributed by atoms with Crippen molar-refractivity contribution in [3.05, 3.63) is 0 Å². The molecule has 0 bridgehead atoms. The average molecular weight is 284 g/mol. The van der Waals surface area contributed by atoms with E-state index in [1.54, 1.807) is 7.11 Å². The monoisotopic (exact) mass is 284 g/mol. The molecular formula is C16H32N2O2. The van der Waals surface area contributed by atoms with Crippen molar-refractivity contribution < 1.29 is 9.84 Å². The average Bonchev–Trinajstić information content (AvgIpc) is 3.17. The number of nitrogens with zero attached hydrogens (tertiary/aromatic N) is 1. The molecule has 0 aliphatic heterocycles. The minimum absolute atomic E-state index is 0.0232. The lowest BCUT2D eigenvalue weighted by atomic mass is 9.97. The van der Waals surface area contributed by atoms with Crippen LogP contribution in [0.15, 0.2) is 0 Å². The summed E-state index contributed by atoms with van der Waals surface area (Å²) in [5, 5.41) is 13.6. The minimum Gasteiger partial charge on any atom is -0.394 e. The number of hydrogen-bond donors (Lipinski definition) is 2. The van der Waals surface area contributed by atoms with Gasteiger partial charge in [-0.1, -0.05) is 6.92 Å². The molecule has 4 heteroatoms. The molecule has 2 N–H and O–H groups in total. The van der Waals surface area contributed by atoms with Crippen molar-refractivity contribution >= 4 is 0 Å². The van der Waals surface area contributed by atoms with Crippen molar-refractivity contribution in [2.45, 2.75) is 76.0 Å². The van der Waals surface area contributed by atoms with E-state index in [9.17, 15) is 5.11 Å². The van der Waals surface area contributed by atoms with Gasteiger partial charge in [0.05, 0.1) is 13.2 Å². The molecule has 4 nitrogen and oxygen atoms in total. The maximum Gasteiger partial charge on any atom is 0.0614 e. The van der Waals surface area contributed by atoms with Gasteiger partial charge in [-0.25, -0.2) is 0 Å². The third-order valence-corrected chi connectivity index (χ3v) is 5.15. The molecule has 118 valence electrons. The number of hydrogen-bond acceptors (Lipinski definition) is 4. The smallest absolute Gasteiger partial charge is 0.0614 e. The van der Waals surface area contributed by atoms with Crippen molar-refractivity contribution in [3.8, 4) is 0 Å². The Morgan fingerprint density at radius 2 is 2.15 bits per heavy atom. The van der Waals surface area contributed by atoms with Gasteiger partial charge in [-0.3, -0.25) is 4.90 Å². The van der Waals surface area contributed by atoms with Crippen LogP contribution in [-0.2, 0) is 4.74 Å². The fourth-order valence-electron chi connectivity index (χ4n) is 3.56. The van der Waals surface area contributed by atoms with Gasteiger partial charge < -0.3 is 15.2 Å². The number of methoxy groups -OCH3 is 1. The van der Waals surface area contributed by atoms with Crippen molar-refractivity contribution in [1.29, 1.82) is 0 Å². The molecule has 2 aliphatic carbocycles. The van der Waals surface area contributed by atoms with Gasteiger partial charge in [-0.05, 0) is 45.4 Å². The molecule has 0 aromatic rings. The predicted octanol–water partition coefficient (Wildman–Crippen LogP) is 1.77. The van der Waals surface area contributed by atoms with Crippen molar-refractivity contribution in [1.82, 2.24) is 10.2 Å². The summed E-state index contributed by atoms with van der Waals surface area (Å²) in [7, 11) is 1.77. The van der Waals surface area contributed by atoms with Gasteiger partial charge in [0.2, 0.25) is 0 Å². The van der Waals surface area contributed by atoms with Crippen LogP contribution in [0.2, 0.25) is 0 Å². The molecule has 0 aromatic carbocycles. The van der Waals surface area contributed by atoms with Crippen LogP contribution in [0.25, 0.3) is 0 Å².